The molecule has 1 aliphatic carbocycles. The summed E-state index contributed by atoms with van der Waals surface area (Å²) >= 11 is 0. The molecule has 0 aromatic rings. The largest absolute Gasteiger partial charge is 0.502 e. The first-order valence-electron chi connectivity index (χ1n) is 7.06. The molecule has 1 rings (SSSR count). The van der Waals surface area contributed by atoms with E-state index in [1.54, 1.807) is 6.26 Å². The Morgan fingerprint density at radius 2 is 1.32 bits per heavy atom. The second-order valence-electron chi connectivity index (χ2n) is 4.34. The third-order valence-corrected chi connectivity index (χ3v) is 2.85. The van der Waals surface area contributed by atoms with Crippen LogP contribution in [0.25, 0.3) is 0 Å². The highest BCUT2D eigenvalue weighted by atomic mass is 16.5. The molecule has 1 fully saturated rings. The molecule has 19 heavy (non-hydrogen) atoms. The maximum absolute atomic E-state index is 5.25. The minimum atomic E-state index is 0.483. The van der Waals surface area contributed by atoms with Gasteiger partial charge in [-0.15, -0.1) is 0 Å². The fraction of sp³-hybridized carbons (Fsp3) is 0.625. The van der Waals surface area contributed by atoms with E-state index in [0.717, 1.165) is 26.1 Å². The first-order valence-corrected chi connectivity index (χ1v) is 7.06. The summed E-state index contributed by atoms with van der Waals surface area (Å²) in [7, 11) is 0. The van der Waals surface area contributed by atoms with E-state index in [1.807, 2.05) is 0 Å². The van der Waals surface area contributed by atoms with Crippen LogP contribution in [-0.2, 0) is 14.2 Å². The first-order chi connectivity index (χ1) is 9.35. The highest BCUT2D eigenvalue weighted by molar-refractivity contribution is 4.67. The molecule has 0 aromatic carbocycles. The molecule has 0 amide bonds. The van der Waals surface area contributed by atoms with Crippen molar-refractivity contribution >= 4 is 0 Å². The molecule has 0 heterocycles. The SMILES string of the molecule is C=COC1CCCCC1.C=COCCCCOC=C. The first kappa shape index (κ1) is 17.6. The molecule has 1 saturated carbocycles. The van der Waals surface area contributed by atoms with Crippen LogP contribution in [0.4, 0.5) is 0 Å². The third-order valence-electron chi connectivity index (χ3n) is 2.85. The lowest BCUT2D eigenvalue weighted by Gasteiger charge is -2.20. The number of unbranched alkanes of at least 4 members (excludes halogenated alkanes) is 1. The maximum atomic E-state index is 5.25. The molecule has 0 aromatic heterocycles. The Morgan fingerprint density at radius 1 is 0.789 bits per heavy atom. The van der Waals surface area contributed by atoms with Crippen LogP contribution in [0.15, 0.2) is 38.5 Å². The fourth-order valence-corrected chi connectivity index (χ4v) is 1.87. The van der Waals surface area contributed by atoms with E-state index in [9.17, 15) is 0 Å². The van der Waals surface area contributed by atoms with Crippen LogP contribution in [0.2, 0.25) is 0 Å². The molecule has 0 radical (unpaired) electrons. The summed E-state index contributed by atoms with van der Waals surface area (Å²) in [5.41, 5.74) is 0. The molecule has 0 unspecified atom stereocenters. The van der Waals surface area contributed by atoms with Crippen LogP contribution in [-0.4, -0.2) is 19.3 Å². The van der Waals surface area contributed by atoms with Gasteiger partial charge >= 0.3 is 0 Å². The Kier molecular flexibility index (Phi) is 13.6. The molecular weight excluding hydrogens is 240 g/mol. The van der Waals surface area contributed by atoms with Gasteiger partial charge in [-0.3, -0.25) is 0 Å². The molecule has 0 bridgehead atoms. The van der Waals surface area contributed by atoms with Crippen molar-refractivity contribution in [2.24, 2.45) is 0 Å². The summed E-state index contributed by atoms with van der Waals surface area (Å²) < 4.78 is 15.0. The monoisotopic (exact) mass is 268 g/mol. The molecule has 110 valence electrons. The minimum absolute atomic E-state index is 0.483. The standard InChI is InChI=1S/C8H14O2.C8H14O/c1-3-9-7-5-6-8-10-4-2;1-2-9-8-6-4-3-5-7-8/h3-4H,1-2,5-8H2;2,8H,1,3-7H2. The highest BCUT2D eigenvalue weighted by Gasteiger charge is 2.11. The average Bonchev–Trinajstić information content (AvgIpc) is 2.45. The van der Waals surface area contributed by atoms with E-state index in [1.165, 1.54) is 44.6 Å². The van der Waals surface area contributed by atoms with Gasteiger partial charge in [-0.2, -0.15) is 0 Å². The summed E-state index contributed by atoms with van der Waals surface area (Å²) in [4.78, 5) is 0. The van der Waals surface area contributed by atoms with Gasteiger partial charge in [-0.05, 0) is 38.5 Å². The number of hydrogen-bond donors (Lipinski definition) is 0. The highest BCUT2D eigenvalue weighted by Crippen LogP contribution is 2.19. The van der Waals surface area contributed by atoms with Crippen LogP contribution >= 0.6 is 0 Å². The van der Waals surface area contributed by atoms with Crippen molar-refractivity contribution in [2.45, 2.75) is 51.0 Å². The number of rotatable bonds is 9. The van der Waals surface area contributed by atoms with Crippen LogP contribution < -0.4 is 0 Å². The summed E-state index contributed by atoms with van der Waals surface area (Å²) in [5.74, 6) is 0. The number of ether oxygens (including phenoxy) is 3. The zero-order valence-electron chi connectivity index (χ0n) is 12.0. The maximum Gasteiger partial charge on any atom is 0.0978 e. The van der Waals surface area contributed by atoms with Crippen molar-refractivity contribution in [3.8, 4) is 0 Å². The van der Waals surface area contributed by atoms with Crippen LogP contribution in [0, 0.1) is 0 Å². The van der Waals surface area contributed by atoms with E-state index >= 15 is 0 Å². The van der Waals surface area contributed by atoms with E-state index in [2.05, 4.69) is 19.7 Å². The average molecular weight is 268 g/mol. The predicted molar refractivity (Wildman–Crippen MR) is 79.7 cm³/mol. The molecule has 0 aliphatic heterocycles. The molecule has 0 spiro atoms. The minimum Gasteiger partial charge on any atom is -0.502 e. The molecule has 1 aliphatic rings. The van der Waals surface area contributed by atoms with Gasteiger partial charge in [0, 0.05) is 0 Å². The second kappa shape index (κ2) is 14.7. The Labute approximate surface area is 117 Å². The third kappa shape index (κ3) is 12.9. The quantitative estimate of drug-likeness (QED) is 0.453. The van der Waals surface area contributed by atoms with Gasteiger partial charge in [0.1, 0.15) is 0 Å². The van der Waals surface area contributed by atoms with Crippen molar-refractivity contribution < 1.29 is 14.2 Å². The Hall–Kier alpha value is -1.38. The van der Waals surface area contributed by atoms with Crippen molar-refractivity contribution in [3.05, 3.63) is 38.5 Å². The topological polar surface area (TPSA) is 27.7 Å². The smallest absolute Gasteiger partial charge is 0.0978 e. The van der Waals surface area contributed by atoms with Gasteiger partial charge in [0.2, 0.25) is 0 Å². The van der Waals surface area contributed by atoms with Gasteiger partial charge in [-0.1, -0.05) is 26.2 Å². The molecule has 0 N–H and O–H groups in total. The van der Waals surface area contributed by atoms with Crippen LogP contribution in [0.3, 0.4) is 0 Å². The molecule has 3 heteroatoms. The van der Waals surface area contributed by atoms with Crippen molar-refractivity contribution in [2.75, 3.05) is 13.2 Å². The summed E-state index contributed by atoms with van der Waals surface area (Å²) in [6.07, 6.45) is 13.5. The molecule has 0 saturated heterocycles. The van der Waals surface area contributed by atoms with Gasteiger partial charge < -0.3 is 14.2 Å². The molecule has 0 atom stereocenters. The summed E-state index contributed by atoms with van der Waals surface area (Å²) in [6.45, 7) is 11.8. The van der Waals surface area contributed by atoms with Gasteiger partial charge in [0.15, 0.2) is 0 Å². The summed E-state index contributed by atoms with van der Waals surface area (Å²) in [6, 6.07) is 0. The second-order valence-corrected chi connectivity index (χ2v) is 4.34. The Balaban J connectivity index is 0.000000342. The van der Waals surface area contributed by atoms with Gasteiger partial charge in [-0.25, -0.2) is 0 Å². The summed E-state index contributed by atoms with van der Waals surface area (Å²) in [5, 5.41) is 0. The zero-order chi connectivity index (χ0) is 14.2. The predicted octanol–water partition coefficient (Wildman–Crippen LogP) is 4.57. The normalized spacial score (nSPS) is 14.5. The molecular formula is C16H28O3. The zero-order valence-corrected chi connectivity index (χ0v) is 12.0. The lowest BCUT2D eigenvalue weighted by molar-refractivity contribution is 0.107. The Bertz CT molecular complexity index is 208. The van der Waals surface area contributed by atoms with Crippen molar-refractivity contribution in [1.29, 1.82) is 0 Å². The van der Waals surface area contributed by atoms with E-state index in [4.69, 9.17) is 14.2 Å². The lowest BCUT2D eigenvalue weighted by atomic mass is 9.98. The van der Waals surface area contributed by atoms with Crippen LogP contribution in [0.1, 0.15) is 44.9 Å². The van der Waals surface area contributed by atoms with Crippen molar-refractivity contribution in [3.63, 3.8) is 0 Å². The van der Waals surface area contributed by atoms with Gasteiger partial charge in [0.25, 0.3) is 0 Å². The van der Waals surface area contributed by atoms with E-state index in [0.29, 0.717) is 6.10 Å². The van der Waals surface area contributed by atoms with Crippen LogP contribution in [0.5, 0.6) is 0 Å². The van der Waals surface area contributed by atoms with Gasteiger partial charge in [0.05, 0.1) is 38.1 Å². The number of hydrogen-bond acceptors (Lipinski definition) is 3. The Morgan fingerprint density at radius 3 is 1.74 bits per heavy atom. The van der Waals surface area contributed by atoms with Crippen molar-refractivity contribution in [1.82, 2.24) is 0 Å². The van der Waals surface area contributed by atoms with E-state index in [-0.39, 0.29) is 0 Å². The van der Waals surface area contributed by atoms with E-state index < -0.39 is 0 Å². The lowest BCUT2D eigenvalue weighted by Crippen LogP contribution is -2.13. The molecule has 3 nitrogen and oxygen atoms in total. The fourth-order valence-electron chi connectivity index (χ4n) is 1.87.